The standard InChI is InChI=1S/C23H30F2N4O.HI/c1-26-23(27-15-19-8-5-9-21(14-19)30-17-22(24)25)28-20-10-12-29(13-11-20)16-18-6-3-2-4-7-18;/h2-9,14,20,22H,10-13,15-17H2,1H3,(H2,26,27,28);1H. The van der Waals surface area contributed by atoms with Gasteiger partial charge in [-0.2, -0.15) is 0 Å². The molecule has 5 nitrogen and oxygen atoms in total. The topological polar surface area (TPSA) is 48.9 Å². The van der Waals surface area contributed by atoms with Crippen molar-refractivity contribution in [2.75, 3.05) is 26.7 Å². The van der Waals surface area contributed by atoms with Crippen LogP contribution in [0, 0.1) is 0 Å². The van der Waals surface area contributed by atoms with E-state index in [1.807, 2.05) is 12.1 Å². The normalized spacial score (nSPS) is 15.4. The van der Waals surface area contributed by atoms with Crippen LogP contribution < -0.4 is 15.4 Å². The highest BCUT2D eigenvalue weighted by Crippen LogP contribution is 2.15. The summed E-state index contributed by atoms with van der Waals surface area (Å²) in [5, 5.41) is 6.79. The van der Waals surface area contributed by atoms with Gasteiger partial charge in [0.1, 0.15) is 12.4 Å². The number of benzene rings is 2. The molecule has 3 rings (SSSR count). The number of alkyl halides is 2. The van der Waals surface area contributed by atoms with Gasteiger partial charge in [0.25, 0.3) is 6.43 Å². The van der Waals surface area contributed by atoms with Crippen LogP contribution in [0.5, 0.6) is 5.75 Å². The quantitative estimate of drug-likeness (QED) is 0.296. The molecule has 0 spiro atoms. The van der Waals surface area contributed by atoms with Gasteiger partial charge >= 0.3 is 0 Å². The fourth-order valence-corrected chi connectivity index (χ4v) is 3.56. The van der Waals surface area contributed by atoms with E-state index in [2.05, 4.69) is 44.8 Å². The molecule has 0 unspecified atom stereocenters. The number of halogens is 3. The van der Waals surface area contributed by atoms with E-state index in [0.29, 0.717) is 18.3 Å². The van der Waals surface area contributed by atoms with E-state index in [4.69, 9.17) is 4.74 Å². The van der Waals surface area contributed by atoms with Crippen molar-refractivity contribution in [1.82, 2.24) is 15.5 Å². The summed E-state index contributed by atoms with van der Waals surface area (Å²) in [6.07, 6.45) is -0.358. The van der Waals surface area contributed by atoms with E-state index in [9.17, 15) is 8.78 Å². The Labute approximate surface area is 200 Å². The molecule has 0 amide bonds. The zero-order valence-corrected chi connectivity index (χ0v) is 20.1. The second-order valence-electron chi connectivity index (χ2n) is 7.46. The van der Waals surface area contributed by atoms with Gasteiger partial charge in [-0.15, -0.1) is 24.0 Å². The van der Waals surface area contributed by atoms with Crippen LogP contribution in [0.4, 0.5) is 8.78 Å². The lowest BCUT2D eigenvalue weighted by atomic mass is 10.0. The highest BCUT2D eigenvalue weighted by Gasteiger charge is 2.20. The second-order valence-corrected chi connectivity index (χ2v) is 7.46. The van der Waals surface area contributed by atoms with Gasteiger partial charge in [-0.25, -0.2) is 8.78 Å². The first kappa shape index (κ1) is 25.3. The number of likely N-dealkylation sites (tertiary alicyclic amines) is 1. The van der Waals surface area contributed by atoms with Crippen LogP contribution >= 0.6 is 24.0 Å². The number of nitrogens with zero attached hydrogens (tertiary/aromatic N) is 2. The van der Waals surface area contributed by atoms with Gasteiger partial charge in [0.15, 0.2) is 5.96 Å². The molecule has 0 atom stereocenters. The first-order chi connectivity index (χ1) is 14.6. The molecule has 2 aromatic carbocycles. The molecule has 0 radical (unpaired) electrons. The molecular formula is C23H31F2IN4O. The van der Waals surface area contributed by atoms with Gasteiger partial charge in [-0.3, -0.25) is 9.89 Å². The minimum Gasteiger partial charge on any atom is -0.488 e. The maximum absolute atomic E-state index is 12.3. The van der Waals surface area contributed by atoms with Crippen molar-refractivity contribution in [1.29, 1.82) is 0 Å². The predicted octanol–water partition coefficient (Wildman–Crippen LogP) is 4.28. The maximum atomic E-state index is 12.3. The first-order valence-electron chi connectivity index (χ1n) is 10.4. The number of hydrogen-bond donors (Lipinski definition) is 2. The number of ether oxygens (including phenoxy) is 1. The molecule has 1 heterocycles. The monoisotopic (exact) mass is 544 g/mol. The molecule has 8 heteroatoms. The van der Waals surface area contributed by atoms with E-state index in [0.717, 1.165) is 44.0 Å². The van der Waals surface area contributed by atoms with Crippen molar-refractivity contribution < 1.29 is 13.5 Å². The summed E-state index contributed by atoms with van der Waals surface area (Å²) in [4.78, 5) is 6.80. The van der Waals surface area contributed by atoms with Gasteiger partial charge in [0, 0.05) is 39.3 Å². The molecule has 2 aromatic rings. The van der Waals surface area contributed by atoms with Crippen molar-refractivity contribution in [2.45, 2.75) is 38.4 Å². The van der Waals surface area contributed by atoms with Gasteiger partial charge < -0.3 is 15.4 Å². The number of hydrogen-bond acceptors (Lipinski definition) is 3. The van der Waals surface area contributed by atoms with E-state index >= 15 is 0 Å². The van der Waals surface area contributed by atoms with Crippen molar-refractivity contribution in [3.63, 3.8) is 0 Å². The molecule has 1 aliphatic rings. The number of aliphatic imine (C=N–C) groups is 1. The summed E-state index contributed by atoms with van der Waals surface area (Å²) in [7, 11) is 1.75. The minimum absolute atomic E-state index is 0. The molecule has 1 fully saturated rings. The number of nitrogens with one attached hydrogen (secondary N) is 2. The van der Waals surface area contributed by atoms with E-state index in [1.165, 1.54) is 5.56 Å². The Hall–Kier alpha value is -1.94. The fraction of sp³-hybridized carbons (Fsp3) is 0.435. The highest BCUT2D eigenvalue weighted by molar-refractivity contribution is 14.0. The fourth-order valence-electron chi connectivity index (χ4n) is 3.56. The van der Waals surface area contributed by atoms with Crippen LogP contribution in [0.15, 0.2) is 59.6 Å². The molecule has 170 valence electrons. The third-order valence-corrected chi connectivity index (χ3v) is 5.14. The third-order valence-electron chi connectivity index (χ3n) is 5.14. The number of piperidine rings is 1. The van der Waals surface area contributed by atoms with Gasteiger partial charge in [0.2, 0.25) is 0 Å². The zero-order valence-electron chi connectivity index (χ0n) is 17.8. The Bertz CT molecular complexity index is 799. The predicted molar refractivity (Wildman–Crippen MR) is 131 cm³/mol. The molecule has 2 N–H and O–H groups in total. The van der Waals surface area contributed by atoms with Crippen LogP contribution in [0.3, 0.4) is 0 Å². The van der Waals surface area contributed by atoms with Crippen molar-refractivity contribution in [3.8, 4) is 5.75 Å². The van der Waals surface area contributed by atoms with Gasteiger partial charge in [-0.05, 0) is 36.1 Å². The minimum atomic E-state index is -2.48. The molecule has 0 aromatic heterocycles. The molecular weight excluding hydrogens is 513 g/mol. The van der Waals surface area contributed by atoms with Crippen LogP contribution in [0.2, 0.25) is 0 Å². The smallest absolute Gasteiger partial charge is 0.272 e. The van der Waals surface area contributed by atoms with Crippen LogP contribution in [-0.2, 0) is 13.1 Å². The van der Waals surface area contributed by atoms with Crippen molar-refractivity contribution >= 4 is 29.9 Å². The zero-order chi connectivity index (χ0) is 21.2. The average molecular weight is 544 g/mol. The van der Waals surface area contributed by atoms with E-state index in [-0.39, 0.29) is 24.0 Å². The lowest BCUT2D eigenvalue weighted by molar-refractivity contribution is 0.0818. The highest BCUT2D eigenvalue weighted by atomic mass is 127. The number of rotatable bonds is 8. The molecule has 0 aliphatic carbocycles. The van der Waals surface area contributed by atoms with Crippen LogP contribution in [0.25, 0.3) is 0 Å². The lowest BCUT2D eigenvalue weighted by Crippen LogP contribution is -2.48. The summed E-state index contributed by atoms with van der Waals surface area (Å²) in [5.74, 6) is 1.19. The van der Waals surface area contributed by atoms with Gasteiger partial charge in [-0.1, -0.05) is 42.5 Å². The summed E-state index contributed by atoms with van der Waals surface area (Å²) >= 11 is 0. The molecule has 0 saturated carbocycles. The van der Waals surface area contributed by atoms with Crippen molar-refractivity contribution in [2.24, 2.45) is 4.99 Å². The summed E-state index contributed by atoms with van der Waals surface area (Å²) in [6.45, 7) is 3.03. The van der Waals surface area contributed by atoms with Gasteiger partial charge in [0.05, 0.1) is 0 Å². The second kappa shape index (κ2) is 13.5. The first-order valence-corrected chi connectivity index (χ1v) is 10.4. The lowest BCUT2D eigenvalue weighted by Gasteiger charge is -2.33. The molecule has 1 saturated heterocycles. The van der Waals surface area contributed by atoms with E-state index in [1.54, 1.807) is 25.2 Å². The molecule has 31 heavy (non-hydrogen) atoms. The van der Waals surface area contributed by atoms with Crippen LogP contribution in [-0.4, -0.2) is 50.1 Å². The Morgan fingerprint density at radius 2 is 1.81 bits per heavy atom. The largest absolute Gasteiger partial charge is 0.488 e. The summed E-state index contributed by atoms with van der Waals surface area (Å²) in [6, 6.07) is 18.1. The Morgan fingerprint density at radius 1 is 1.10 bits per heavy atom. The number of guanidine groups is 1. The average Bonchev–Trinajstić information content (AvgIpc) is 2.77. The Morgan fingerprint density at radius 3 is 2.48 bits per heavy atom. The maximum Gasteiger partial charge on any atom is 0.272 e. The summed E-state index contributed by atoms with van der Waals surface area (Å²) < 4.78 is 29.7. The Balaban J connectivity index is 0.00000341. The molecule has 0 bridgehead atoms. The van der Waals surface area contributed by atoms with Crippen LogP contribution in [0.1, 0.15) is 24.0 Å². The SMILES string of the molecule is CN=C(NCc1cccc(OCC(F)F)c1)NC1CCN(Cc2ccccc2)CC1.I. The molecule has 1 aliphatic heterocycles. The third kappa shape index (κ3) is 8.98. The van der Waals surface area contributed by atoms with E-state index < -0.39 is 13.0 Å². The Kier molecular flexibility index (Phi) is 11.0. The van der Waals surface area contributed by atoms with Crippen molar-refractivity contribution in [3.05, 3.63) is 65.7 Å². The summed E-state index contributed by atoms with van der Waals surface area (Å²) in [5.41, 5.74) is 2.29.